The molecular weight excluding hydrogens is 272 g/mol. The van der Waals surface area contributed by atoms with Crippen LogP contribution in [0.3, 0.4) is 0 Å². The van der Waals surface area contributed by atoms with Gasteiger partial charge in [-0.3, -0.25) is 14.4 Å². The molecule has 6 nitrogen and oxygen atoms in total. The van der Waals surface area contributed by atoms with Crippen LogP contribution >= 0.6 is 0 Å². The summed E-state index contributed by atoms with van der Waals surface area (Å²) in [5.41, 5.74) is 1.93. The summed E-state index contributed by atoms with van der Waals surface area (Å²) in [6.45, 7) is 2.52. The Morgan fingerprint density at radius 3 is 2.57 bits per heavy atom. The van der Waals surface area contributed by atoms with Gasteiger partial charge in [0.1, 0.15) is 6.04 Å². The van der Waals surface area contributed by atoms with Gasteiger partial charge in [-0.2, -0.15) is 0 Å². The highest BCUT2D eigenvalue weighted by Gasteiger charge is 2.33. The highest BCUT2D eigenvalue weighted by atomic mass is 16.4. The number of carbonyl (C=O) groups is 3. The van der Waals surface area contributed by atoms with Crippen molar-refractivity contribution in [1.82, 2.24) is 5.32 Å². The predicted molar refractivity (Wildman–Crippen MR) is 76.9 cm³/mol. The lowest BCUT2D eigenvalue weighted by molar-refractivity contribution is -0.139. The number of aliphatic carboxylic acids is 1. The molecule has 2 N–H and O–H groups in total. The second-order valence-corrected chi connectivity index (χ2v) is 5.13. The number of carboxylic acid groups (broad SMARTS) is 1. The van der Waals surface area contributed by atoms with Crippen molar-refractivity contribution >= 4 is 23.5 Å². The first kappa shape index (κ1) is 15.0. The number of amides is 2. The second kappa shape index (κ2) is 6.39. The van der Waals surface area contributed by atoms with Crippen molar-refractivity contribution in [3.05, 3.63) is 29.8 Å². The maximum atomic E-state index is 12.3. The minimum absolute atomic E-state index is 0.107. The average molecular weight is 290 g/mol. The molecule has 0 aromatic heterocycles. The van der Waals surface area contributed by atoms with Gasteiger partial charge in [-0.25, -0.2) is 0 Å². The number of carbonyl (C=O) groups excluding carboxylic acids is 2. The molecule has 0 aliphatic carbocycles. The van der Waals surface area contributed by atoms with Crippen LogP contribution in [0, 0.1) is 6.92 Å². The van der Waals surface area contributed by atoms with Gasteiger partial charge in [0.2, 0.25) is 11.8 Å². The van der Waals surface area contributed by atoms with Gasteiger partial charge in [0.25, 0.3) is 0 Å². The minimum atomic E-state index is -1.02. The number of benzene rings is 1. The number of hydrogen-bond donors (Lipinski definition) is 2. The summed E-state index contributed by atoms with van der Waals surface area (Å²) >= 11 is 0. The van der Waals surface area contributed by atoms with Crippen LogP contribution in [-0.2, 0) is 14.4 Å². The van der Waals surface area contributed by atoms with Crippen LogP contribution in [0.25, 0.3) is 0 Å². The van der Waals surface area contributed by atoms with Gasteiger partial charge >= 0.3 is 5.97 Å². The Morgan fingerprint density at radius 1 is 1.29 bits per heavy atom. The van der Waals surface area contributed by atoms with E-state index in [0.717, 1.165) is 11.3 Å². The normalized spacial score (nSPS) is 17.9. The monoisotopic (exact) mass is 290 g/mol. The van der Waals surface area contributed by atoms with Crippen LogP contribution < -0.4 is 10.2 Å². The fourth-order valence-corrected chi connectivity index (χ4v) is 2.28. The first-order valence-electron chi connectivity index (χ1n) is 6.86. The summed E-state index contributed by atoms with van der Waals surface area (Å²) in [6, 6.07) is 7.06. The lowest BCUT2D eigenvalue weighted by Crippen LogP contribution is -2.41. The smallest absolute Gasteiger partial charge is 0.303 e. The Bertz CT molecular complexity index is 553. The Balaban J connectivity index is 1.93. The van der Waals surface area contributed by atoms with Gasteiger partial charge in [0, 0.05) is 18.7 Å². The Kier molecular flexibility index (Phi) is 4.57. The van der Waals surface area contributed by atoms with E-state index in [1.807, 2.05) is 31.2 Å². The van der Waals surface area contributed by atoms with Gasteiger partial charge in [0.15, 0.2) is 0 Å². The minimum Gasteiger partial charge on any atom is -0.481 e. The number of carboxylic acids is 1. The number of nitrogens with zero attached hydrogens (tertiary/aromatic N) is 1. The Morgan fingerprint density at radius 2 is 1.95 bits per heavy atom. The first-order chi connectivity index (χ1) is 9.97. The van der Waals surface area contributed by atoms with E-state index in [1.165, 1.54) is 0 Å². The van der Waals surface area contributed by atoms with E-state index in [1.54, 1.807) is 4.90 Å². The second-order valence-electron chi connectivity index (χ2n) is 5.13. The Hall–Kier alpha value is -2.37. The number of rotatable bonds is 5. The molecule has 21 heavy (non-hydrogen) atoms. The fraction of sp³-hybridized carbons (Fsp3) is 0.400. The van der Waals surface area contributed by atoms with Crippen molar-refractivity contribution in [3.63, 3.8) is 0 Å². The molecule has 0 saturated carbocycles. The van der Waals surface area contributed by atoms with Crippen molar-refractivity contribution in [2.24, 2.45) is 0 Å². The number of anilines is 1. The molecule has 1 atom stereocenters. The molecule has 112 valence electrons. The van der Waals surface area contributed by atoms with E-state index in [4.69, 9.17) is 5.11 Å². The van der Waals surface area contributed by atoms with E-state index in [-0.39, 0.29) is 18.7 Å². The van der Waals surface area contributed by atoms with E-state index in [9.17, 15) is 14.4 Å². The van der Waals surface area contributed by atoms with E-state index >= 15 is 0 Å². The standard InChI is InChI=1S/C15H18N2O4/c1-10-2-4-11(5-3-10)17-9-8-12(15(17)21)16-13(18)6-7-14(19)20/h2-5,12H,6-9H2,1H3,(H,16,18)(H,19,20). The van der Waals surface area contributed by atoms with Crippen molar-refractivity contribution in [1.29, 1.82) is 0 Å². The summed E-state index contributed by atoms with van der Waals surface area (Å²) in [4.78, 5) is 35.9. The largest absolute Gasteiger partial charge is 0.481 e. The summed E-state index contributed by atoms with van der Waals surface area (Å²) < 4.78 is 0. The molecule has 2 rings (SSSR count). The van der Waals surface area contributed by atoms with Gasteiger partial charge in [-0.05, 0) is 25.5 Å². The van der Waals surface area contributed by atoms with Gasteiger partial charge in [0.05, 0.1) is 6.42 Å². The van der Waals surface area contributed by atoms with E-state index < -0.39 is 17.9 Å². The quantitative estimate of drug-likeness (QED) is 0.849. The number of nitrogens with one attached hydrogen (secondary N) is 1. The lowest BCUT2D eigenvalue weighted by atomic mass is 10.2. The molecule has 6 heteroatoms. The maximum Gasteiger partial charge on any atom is 0.303 e. The molecule has 0 spiro atoms. The van der Waals surface area contributed by atoms with Crippen molar-refractivity contribution in [2.45, 2.75) is 32.2 Å². The SMILES string of the molecule is Cc1ccc(N2CCC(NC(=O)CCC(=O)O)C2=O)cc1. The number of hydrogen-bond acceptors (Lipinski definition) is 3. The maximum absolute atomic E-state index is 12.3. The summed E-state index contributed by atoms with van der Waals surface area (Å²) in [7, 11) is 0. The summed E-state index contributed by atoms with van der Waals surface area (Å²) in [5, 5.41) is 11.1. The van der Waals surface area contributed by atoms with Crippen molar-refractivity contribution in [3.8, 4) is 0 Å². The molecule has 1 aliphatic rings. The molecule has 2 amide bonds. The summed E-state index contributed by atoms with van der Waals surface area (Å²) in [5.74, 6) is -1.58. The van der Waals surface area contributed by atoms with Crippen LogP contribution in [-0.4, -0.2) is 35.5 Å². The van der Waals surface area contributed by atoms with Crippen molar-refractivity contribution < 1.29 is 19.5 Å². The molecule has 1 aromatic rings. The predicted octanol–water partition coefficient (Wildman–Crippen LogP) is 1.08. The molecule has 1 heterocycles. The third-order valence-corrected chi connectivity index (χ3v) is 3.45. The third kappa shape index (κ3) is 3.81. The van der Waals surface area contributed by atoms with Crippen LogP contribution in [0.1, 0.15) is 24.8 Å². The van der Waals surface area contributed by atoms with Crippen LogP contribution in [0.5, 0.6) is 0 Å². The zero-order chi connectivity index (χ0) is 15.4. The highest BCUT2D eigenvalue weighted by molar-refractivity contribution is 6.01. The average Bonchev–Trinajstić information content (AvgIpc) is 2.79. The van der Waals surface area contributed by atoms with Gasteiger partial charge < -0.3 is 15.3 Å². The molecule has 0 radical (unpaired) electrons. The topological polar surface area (TPSA) is 86.7 Å². The fourth-order valence-electron chi connectivity index (χ4n) is 2.28. The molecule has 1 aliphatic heterocycles. The lowest BCUT2D eigenvalue weighted by Gasteiger charge is -2.17. The molecule has 1 saturated heterocycles. The highest BCUT2D eigenvalue weighted by Crippen LogP contribution is 2.22. The third-order valence-electron chi connectivity index (χ3n) is 3.45. The Labute approximate surface area is 122 Å². The van der Waals surface area contributed by atoms with Crippen LogP contribution in [0.4, 0.5) is 5.69 Å². The molecule has 1 fully saturated rings. The zero-order valence-corrected chi connectivity index (χ0v) is 11.8. The zero-order valence-electron chi connectivity index (χ0n) is 11.8. The van der Waals surface area contributed by atoms with Crippen molar-refractivity contribution in [2.75, 3.05) is 11.4 Å². The van der Waals surface area contributed by atoms with E-state index in [0.29, 0.717) is 13.0 Å². The molecule has 1 unspecified atom stereocenters. The van der Waals surface area contributed by atoms with Gasteiger partial charge in [-0.1, -0.05) is 17.7 Å². The van der Waals surface area contributed by atoms with Crippen LogP contribution in [0.15, 0.2) is 24.3 Å². The number of aryl methyl sites for hydroxylation is 1. The van der Waals surface area contributed by atoms with Gasteiger partial charge in [-0.15, -0.1) is 0 Å². The molecule has 1 aromatic carbocycles. The molecular formula is C15H18N2O4. The van der Waals surface area contributed by atoms with Crippen LogP contribution in [0.2, 0.25) is 0 Å². The summed E-state index contributed by atoms with van der Waals surface area (Å²) in [6.07, 6.45) is 0.198. The van der Waals surface area contributed by atoms with E-state index in [2.05, 4.69) is 5.32 Å². The molecule has 0 bridgehead atoms. The first-order valence-corrected chi connectivity index (χ1v) is 6.86.